The maximum absolute atomic E-state index is 12.5. The molecule has 1 aliphatic rings. The fourth-order valence-corrected chi connectivity index (χ4v) is 3.31. The highest BCUT2D eigenvalue weighted by Crippen LogP contribution is 2.27. The van der Waals surface area contributed by atoms with Crippen LogP contribution in [0, 0.1) is 5.92 Å². The Bertz CT molecular complexity index is 986. The molecule has 1 aliphatic heterocycles. The van der Waals surface area contributed by atoms with Gasteiger partial charge in [-0.25, -0.2) is 4.98 Å². The van der Waals surface area contributed by atoms with Crippen LogP contribution in [-0.2, 0) is 16.1 Å². The van der Waals surface area contributed by atoms with Crippen LogP contribution in [0.2, 0.25) is 5.02 Å². The molecule has 4 rings (SSSR count). The number of benzene rings is 1. The van der Waals surface area contributed by atoms with Crippen molar-refractivity contribution in [2.45, 2.75) is 13.0 Å². The van der Waals surface area contributed by atoms with E-state index in [0.717, 1.165) is 11.3 Å². The molecule has 1 N–H and O–H groups in total. The van der Waals surface area contributed by atoms with Crippen LogP contribution in [0.3, 0.4) is 0 Å². The number of aromatic nitrogens is 3. The zero-order valence-corrected chi connectivity index (χ0v) is 14.6. The van der Waals surface area contributed by atoms with E-state index in [9.17, 15) is 9.59 Å². The molecule has 26 heavy (non-hydrogen) atoms. The van der Waals surface area contributed by atoms with E-state index in [1.54, 1.807) is 47.9 Å². The van der Waals surface area contributed by atoms with Crippen LogP contribution in [0.15, 0.2) is 49.1 Å². The number of carbonyl (C=O) groups is 2. The van der Waals surface area contributed by atoms with E-state index < -0.39 is 0 Å². The standard InChI is InChI=1S/C18H16ClN5O2/c19-13-2-1-3-14(7-13)24-11-12(6-17(24)25)18(26)22-9-15-8-21-16-10-20-4-5-23(15)16/h1-5,7-8,10,12H,6,9,11H2,(H,22,26)/t12-/m0/s1. The molecular weight excluding hydrogens is 354 g/mol. The van der Waals surface area contributed by atoms with Gasteiger partial charge in [0.05, 0.1) is 30.6 Å². The smallest absolute Gasteiger partial charge is 0.227 e. The first-order valence-electron chi connectivity index (χ1n) is 8.21. The van der Waals surface area contributed by atoms with Gasteiger partial charge in [-0.05, 0) is 18.2 Å². The summed E-state index contributed by atoms with van der Waals surface area (Å²) in [6.07, 6.45) is 7.01. The first kappa shape index (κ1) is 16.5. The van der Waals surface area contributed by atoms with Gasteiger partial charge in [0.25, 0.3) is 0 Å². The largest absolute Gasteiger partial charge is 0.350 e. The molecule has 0 aliphatic carbocycles. The number of rotatable bonds is 4. The van der Waals surface area contributed by atoms with E-state index in [0.29, 0.717) is 23.8 Å². The monoisotopic (exact) mass is 369 g/mol. The lowest BCUT2D eigenvalue weighted by Crippen LogP contribution is -2.32. The molecule has 0 saturated carbocycles. The third-order valence-corrected chi connectivity index (χ3v) is 4.69. The van der Waals surface area contributed by atoms with E-state index in [2.05, 4.69) is 15.3 Å². The maximum atomic E-state index is 12.5. The third-order valence-electron chi connectivity index (χ3n) is 4.45. The molecule has 7 nitrogen and oxygen atoms in total. The number of carbonyl (C=O) groups excluding carboxylic acids is 2. The predicted octanol–water partition coefficient (Wildman–Crippen LogP) is 2.05. The molecule has 0 radical (unpaired) electrons. The zero-order valence-electron chi connectivity index (χ0n) is 13.8. The van der Waals surface area contributed by atoms with Crippen molar-refractivity contribution in [2.75, 3.05) is 11.4 Å². The molecule has 2 aromatic heterocycles. The molecule has 3 heterocycles. The van der Waals surface area contributed by atoms with Crippen LogP contribution in [0.4, 0.5) is 5.69 Å². The lowest BCUT2D eigenvalue weighted by molar-refractivity contribution is -0.126. The second-order valence-corrected chi connectivity index (χ2v) is 6.59. The summed E-state index contributed by atoms with van der Waals surface area (Å²) < 4.78 is 1.87. The number of hydrogen-bond donors (Lipinski definition) is 1. The minimum Gasteiger partial charge on any atom is -0.350 e. The first-order valence-corrected chi connectivity index (χ1v) is 8.59. The van der Waals surface area contributed by atoms with Gasteiger partial charge < -0.3 is 10.2 Å². The van der Waals surface area contributed by atoms with Crippen molar-refractivity contribution in [2.24, 2.45) is 5.92 Å². The molecule has 132 valence electrons. The van der Waals surface area contributed by atoms with Gasteiger partial charge >= 0.3 is 0 Å². The molecule has 0 bridgehead atoms. The lowest BCUT2D eigenvalue weighted by atomic mass is 10.1. The Labute approximate surface area is 154 Å². The number of halogens is 1. The highest BCUT2D eigenvalue weighted by molar-refractivity contribution is 6.31. The Morgan fingerprint density at radius 2 is 2.23 bits per heavy atom. The number of imidazole rings is 1. The van der Waals surface area contributed by atoms with E-state index >= 15 is 0 Å². The molecule has 8 heteroatoms. The number of nitrogens with zero attached hydrogens (tertiary/aromatic N) is 4. The van der Waals surface area contributed by atoms with Crippen molar-refractivity contribution in [1.29, 1.82) is 0 Å². The Morgan fingerprint density at radius 1 is 1.35 bits per heavy atom. The van der Waals surface area contributed by atoms with Gasteiger partial charge in [0.15, 0.2) is 5.65 Å². The summed E-state index contributed by atoms with van der Waals surface area (Å²) in [4.78, 5) is 34.7. The van der Waals surface area contributed by atoms with Gasteiger partial charge in [0.2, 0.25) is 11.8 Å². The van der Waals surface area contributed by atoms with Crippen LogP contribution < -0.4 is 10.2 Å². The second-order valence-electron chi connectivity index (χ2n) is 6.16. The van der Waals surface area contributed by atoms with Gasteiger partial charge in [0, 0.05) is 36.1 Å². The van der Waals surface area contributed by atoms with Gasteiger partial charge in [-0.1, -0.05) is 17.7 Å². The molecule has 2 amide bonds. The molecule has 3 aromatic rings. The van der Waals surface area contributed by atoms with E-state index in [1.165, 1.54) is 0 Å². The summed E-state index contributed by atoms with van der Waals surface area (Å²) in [5.74, 6) is -0.609. The number of anilines is 1. The summed E-state index contributed by atoms with van der Waals surface area (Å²) in [5.41, 5.74) is 2.29. The normalized spacial score (nSPS) is 17.0. The van der Waals surface area contributed by atoms with Crippen LogP contribution in [0.1, 0.15) is 12.1 Å². The van der Waals surface area contributed by atoms with Gasteiger partial charge in [-0.15, -0.1) is 0 Å². The second kappa shape index (κ2) is 6.76. The zero-order chi connectivity index (χ0) is 18.1. The van der Waals surface area contributed by atoms with Crippen molar-refractivity contribution in [3.05, 3.63) is 59.8 Å². The Kier molecular flexibility index (Phi) is 4.30. The number of hydrogen-bond acceptors (Lipinski definition) is 4. The molecule has 1 fully saturated rings. The Balaban J connectivity index is 1.42. The number of amides is 2. The first-order chi connectivity index (χ1) is 12.6. The van der Waals surface area contributed by atoms with Crippen molar-refractivity contribution < 1.29 is 9.59 Å². The van der Waals surface area contributed by atoms with Crippen molar-refractivity contribution >= 4 is 34.7 Å². The molecule has 1 saturated heterocycles. The maximum Gasteiger partial charge on any atom is 0.227 e. The average Bonchev–Trinajstić information content (AvgIpc) is 3.23. The lowest BCUT2D eigenvalue weighted by Gasteiger charge is -2.17. The Hall–Kier alpha value is -2.93. The van der Waals surface area contributed by atoms with Crippen LogP contribution >= 0.6 is 11.6 Å². The molecule has 1 atom stereocenters. The summed E-state index contributed by atoms with van der Waals surface area (Å²) in [6.45, 7) is 0.688. The predicted molar refractivity (Wildman–Crippen MR) is 96.7 cm³/mol. The number of fused-ring (bicyclic) bond motifs is 1. The summed E-state index contributed by atoms with van der Waals surface area (Å²) in [7, 11) is 0. The molecule has 0 spiro atoms. The van der Waals surface area contributed by atoms with E-state index in [4.69, 9.17) is 11.6 Å². The van der Waals surface area contributed by atoms with Gasteiger partial charge in [-0.3, -0.25) is 19.0 Å². The van der Waals surface area contributed by atoms with Crippen LogP contribution in [0.5, 0.6) is 0 Å². The highest BCUT2D eigenvalue weighted by atomic mass is 35.5. The van der Waals surface area contributed by atoms with Crippen molar-refractivity contribution in [3.8, 4) is 0 Å². The van der Waals surface area contributed by atoms with Gasteiger partial charge in [0.1, 0.15) is 0 Å². The summed E-state index contributed by atoms with van der Waals surface area (Å²) >= 11 is 5.99. The number of nitrogens with one attached hydrogen (secondary N) is 1. The average molecular weight is 370 g/mol. The summed E-state index contributed by atoms with van der Waals surface area (Å²) in [5, 5.41) is 3.46. The van der Waals surface area contributed by atoms with Crippen LogP contribution in [0.25, 0.3) is 5.65 Å². The quantitative estimate of drug-likeness (QED) is 0.763. The SMILES string of the molecule is O=C(NCc1cnc2cnccn12)[C@H]1CC(=O)N(c2cccc(Cl)c2)C1. The Morgan fingerprint density at radius 3 is 3.08 bits per heavy atom. The minimum absolute atomic E-state index is 0.0757. The van der Waals surface area contributed by atoms with E-state index in [-0.39, 0.29) is 24.2 Å². The van der Waals surface area contributed by atoms with Crippen molar-refractivity contribution in [3.63, 3.8) is 0 Å². The van der Waals surface area contributed by atoms with E-state index in [1.807, 2.05) is 10.5 Å². The fraction of sp³-hybridized carbons (Fsp3) is 0.222. The van der Waals surface area contributed by atoms with Crippen molar-refractivity contribution in [1.82, 2.24) is 19.7 Å². The summed E-state index contributed by atoms with van der Waals surface area (Å²) in [6, 6.07) is 7.09. The molecule has 1 aromatic carbocycles. The molecular formula is C18H16ClN5O2. The fourth-order valence-electron chi connectivity index (χ4n) is 3.12. The topological polar surface area (TPSA) is 79.6 Å². The van der Waals surface area contributed by atoms with Gasteiger partial charge in [-0.2, -0.15) is 0 Å². The minimum atomic E-state index is -0.387. The highest BCUT2D eigenvalue weighted by Gasteiger charge is 2.35. The van der Waals surface area contributed by atoms with Crippen LogP contribution in [-0.4, -0.2) is 32.7 Å². The molecule has 0 unspecified atom stereocenters. The third kappa shape index (κ3) is 3.13.